The van der Waals surface area contributed by atoms with E-state index in [1.807, 2.05) is 30.3 Å². The van der Waals surface area contributed by atoms with Gasteiger partial charge in [-0.15, -0.1) is 6.58 Å². The summed E-state index contributed by atoms with van der Waals surface area (Å²) in [5.41, 5.74) is 0.954. The Morgan fingerprint density at radius 1 is 1.50 bits per heavy atom. The molecule has 0 amide bonds. The van der Waals surface area contributed by atoms with Crippen molar-refractivity contribution in [2.75, 3.05) is 6.61 Å². The summed E-state index contributed by atoms with van der Waals surface area (Å²) in [5, 5.41) is 9.76. The van der Waals surface area contributed by atoms with Crippen molar-refractivity contribution >= 4 is 5.90 Å². The number of hydrogen-bond acceptors (Lipinski definition) is 3. The summed E-state index contributed by atoms with van der Waals surface area (Å²) in [6.45, 7) is 4.04. The Morgan fingerprint density at radius 2 is 2.25 bits per heavy atom. The second-order valence-electron chi connectivity index (χ2n) is 3.77. The highest BCUT2D eigenvalue weighted by atomic mass is 16.5. The number of rotatable bonds is 4. The number of benzene rings is 1. The van der Waals surface area contributed by atoms with Gasteiger partial charge in [-0.1, -0.05) is 24.3 Å². The lowest BCUT2D eigenvalue weighted by Gasteiger charge is -2.10. The largest absolute Gasteiger partial charge is 0.475 e. The van der Waals surface area contributed by atoms with Gasteiger partial charge in [-0.3, -0.25) is 0 Å². The average Bonchev–Trinajstić information content (AvgIpc) is 2.80. The third-order valence-corrected chi connectivity index (χ3v) is 2.55. The lowest BCUT2D eigenvalue weighted by atomic mass is 10.1. The van der Waals surface area contributed by atoms with Crippen LogP contribution in [0.25, 0.3) is 0 Å². The van der Waals surface area contributed by atoms with Gasteiger partial charge in [0.1, 0.15) is 12.6 Å². The average molecular weight is 217 g/mol. The van der Waals surface area contributed by atoms with Gasteiger partial charge in [0, 0.05) is 5.56 Å². The van der Waals surface area contributed by atoms with Crippen molar-refractivity contribution in [2.45, 2.75) is 18.6 Å². The molecule has 0 saturated heterocycles. The van der Waals surface area contributed by atoms with E-state index in [4.69, 9.17) is 4.74 Å². The molecule has 0 aromatic heterocycles. The van der Waals surface area contributed by atoms with Gasteiger partial charge in [-0.25, -0.2) is 4.99 Å². The van der Waals surface area contributed by atoms with Crippen molar-refractivity contribution in [3.8, 4) is 0 Å². The molecule has 0 saturated carbocycles. The zero-order valence-corrected chi connectivity index (χ0v) is 9.04. The zero-order valence-electron chi connectivity index (χ0n) is 9.04. The van der Waals surface area contributed by atoms with E-state index in [9.17, 15) is 5.11 Å². The van der Waals surface area contributed by atoms with Crippen LogP contribution in [-0.4, -0.2) is 29.8 Å². The molecule has 1 aromatic carbocycles. The fourth-order valence-corrected chi connectivity index (χ4v) is 1.65. The molecule has 0 radical (unpaired) electrons. The highest BCUT2D eigenvalue weighted by molar-refractivity contribution is 5.95. The Balaban J connectivity index is 2.09. The van der Waals surface area contributed by atoms with Gasteiger partial charge in [0.25, 0.3) is 0 Å². The topological polar surface area (TPSA) is 41.8 Å². The maximum Gasteiger partial charge on any atom is 0.216 e. The van der Waals surface area contributed by atoms with Gasteiger partial charge in [0.15, 0.2) is 0 Å². The number of aliphatic imine (C=N–C) groups is 1. The van der Waals surface area contributed by atoms with E-state index in [1.165, 1.54) is 0 Å². The minimum absolute atomic E-state index is 0.173. The highest BCUT2D eigenvalue weighted by Crippen LogP contribution is 2.15. The summed E-state index contributed by atoms with van der Waals surface area (Å²) in [6, 6.07) is 9.54. The number of ether oxygens (including phenoxy) is 1. The molecule has 0 aliphatic carbocycles. The summed E-state index contributed by atoms with van der Waals surface area (Å²) in [5.74, 6) is 0.619. The van der Waals surface area contributed by atoms with Gasteiger partial charge < -0.3 is 9.84 Å². The molecule has 0 unspecified atom stereocenters. The van der Waals surface area contributed by atoms with Crippen LogP contribution in [0.3, 0.4) is 0 Å². The Morgan fingerprint density at radius 3 is 2.94 bits per heavy atom. The lowest BCUT2D eigenvalue weighted by Crippen LogP contribution is -2.24. The maximum absolute atomic E-state index is 9.76. The minimum Gasteiger partial charge on any atom is -0.475 e. The molecule has 16 heavy (non-hydrogen) atoms. The van der Waals surface area contributed by atoms with E-state index >= 15 is 0 Å². The number of nitrogens with zero attached hydrogens (tertiary/aromatic N) is 1. The molecule has 84 valence electrons. The monoisotopic (exact) mass is 217 g/mol. The van der Waals surface area contributed by atoms with Crippen LogP contribution in [0.4, 0.5) is 0 Å². The van der Waals surface area contributed by atoms with Crippen molar-refractivity contribution < 1.29 is 9.84 Å². The van der Waals surface area contributed by atoms with Gasteiger partial charge in [-0.05, 0) is 18.6 Å². The van der Waals surface area contributed by atoms with Crippen LogP contribution in [0.2, 0.25) is 0 Å². The van der Waals surface area contributed by atoms with Crippen LogP contribution in [-0.2, 0) is 4.74 Å². The lowest BCUT2D eigenvalue weighted by molar-refractivity contribution is 0.131. The van der Waals surface area contributed by atoms with Crippen LogP contribution in [0.15, 0.2) is 48.0 Å². The molecule has 1 aromatic rings. The summed E-state index contributed by atoms with van der Waals surface area (Å²) in [6.07, 6.45) is 1.74. The van der Waals surface area contributed by atoms with Crippen LogP contribution in [0, 0.1) is 0 Å². The summed E-state index contributed by atoms with van der Waals surface area (Å²) in [4.78, 5) is 4.37. The molecule has 1 aliphatic rings. The van der Waals surface area contributed by atoms with E-state index in [0.29, 0.717) is 18.9 Å². The van der Waals surface area contributed by atoms with Crippen LogP contribution < -0.4 is 0 Å². The molecule has 0 bridgehead atoms. The smallest absolute Gasteiger partial charge is 0.216 e. The third kappa shape index (κ3) is 2.31. The fourth-order valence-electron chi connectivity index (χ4n) is 1.65. The van der Waals surface area contributed by atoms with E-state index in [2.05, 4.69) is 11.6 Å². The Bertz CT molecular complexity index is 386. The molecule has 1 N–H and O–H groups in total. The maximum atomic E-state index is 9.76. The first-order valence-electron chi connectivity index (χ1n) is 5.36. The number of hydrogen-bond donors (Lipinski definition) is 1. The molecule has 3 nitrogen and oxygen atoms in total. The molecular formula is C13H15NO2. The Hall–Kier alpha value is -1.61. The summed E-state index contributed by atoms with van der Waals surface area (Å²) < 4.78 is 5.47. The van der Waals surface area contributed by atoms with Crippen molar-refractivity contribution in [3.05, 3.63) is 48.6 Å². The predicted molar refractivity (Wildman–Crippen MR) is 63.5 cm³/mol. The van der Waals surface area contributed by atoms with Crippen LogP contribution >= 0.6 is 0 Å². The highest BCUT2D eigenvalue weighted by Gasteiger charge is 2.25. The molecular weight excluding hydrogens is 202 g/mol. The molecule has 3 heteroatoms. The first-order valence-corrected chi connectivity index (χ1v) is 5.36. The van der Waals surface area contributed by atoms with E-state index in [1.54, 1.807) is 6.08 Å². The number of aliphatic hydroxyl groups excluding tert-OH is 1. The summed E-state index contributed by atoms with van der Waals surface area (Å²) >= 11 is 0. The molecule has 1 aliphatic heterocycles. The quantitative estimate of drug-likeness (QED) is 0.781. The first kappa shape index (κ1) is 10.9. The van der Waals surface area contributed by atoms with Crippen molar-refractivity contribution in [1.29, 1.82) is 0 Å². The van der Waals surface area contributed by atoms with Gasteiger partial charge in [-0.2, -0.15) is 0 Å². The first-order chi connectivity index (χ1) is 7.81. The summed E-state index contributed by atoms with van der Waals surface area (Å²) in [7, 11) is 0. The van der Waals surface area contributed by atoms with E-state index in [0.717, 1.165) is 5.56 Å². The van der Waals surface area contributed by atoms with Crippen molar-refractivity contribution in [3.63, 3.8) is 0 Å². The molecule has 2 atom stereocenters. The Kier molecular flexibility index (Phi) is 3.37. The predicted octanol–water partition coefficient (Wildman–Crippen LogP) is 1.77. The van der Waals surface area contributed by atoms with Gasteiger partial charge >= 0.3 is 0 Å². The minimum atomic E-state index is -0.501. The van der Waals surface area contributed by atoms with Crippen molar-refractivity contribution in [2.24, 2.45) is 4.99 Å². The molecule has 0 spiro atoms. The molecule has 1 heterocycles. The third-order valence-electron chi connectivity index (χ3n) is 2.55. The van der Waals surface area contributed by atoms with Gasteiger partial charge in [0.2, 0.25) is 5.90 Å². The standard InChI is InChI=1S/C13H15NO2/c1-2-6-12(15)11-9-16-13(14-11)10-7-4-3-5-8-10/h2-5,7-8,11-12,15H,1,6,9H2/t11-,12-/m0/s1. The van der Waals surface area contributed by atoms with Gasteiger partial charge in [0.05, 0.1) is 6.10 Å². The molecule has 2 rings (SSSR count). The zero-order chi connectivity index (χ0) is 11.4. The van der Waals surface area contributed by atoms with Crippen LogP contribution in [0.1, 0.15) is 12.0 Å². The van der Waals surface area contributed by atoms with Crippen LogP contribution in [0.5, 0.6) is 0 Å². The van der Waals surface area contributed by atoms with Crippen molar-refractivity contribution in [1.82, 2.24) is 0 Å². The SMILES string of the molecule is C=CC[C@H](O)[C@@H]1COC(c2ccccc2)=N1. The second kappa shape index (κ2) is 4.94. The fraction of sp³-hybridized carbons (Fsp3) is 0.308. The second-order valence-corrected chi connectivity index (χ2v) is 3.77. The number of aliphatic hydroxyl groups is 1. The normalized spacial score (nSPS) is 21.1. The van der Waals surface area contributed by atoms with E-state index in [-0.39, 0.29) is 6.04 Å². The molecule has 0 fully saturated rings. The Labute approximate surface area is 95.1 Å². The van der Waals surface area contributed by atoms with E-state index < -0.39 is 6.10 Å².